The molecule has 0 saturated carbocycles. The van der Waals surface area contributed by atoms with Crippen LogP contribution in [0.4, 0.5) is 0 Å². The first-order valence-electron chi connectivity index (χ1n) is 22.8. The highest BCUT2D eigenvalue weighted by atomic mass is 16.5. The topological polar surface area (TPSA) is 93.1 Å². The molecule has 0 aliphatic carbocycles. The molecule has 0 aliphatic heterocycles. The molecule has 1 aromatic carbocycles. The summed E-state index contributed by atoms with van der Waals surface area (Å²) in [7, 11) is 3.77. The number of aromatic carboxylic acids is 1. The van der Waals surface area contributed by atoms with E-state index in [1.165, 1.54) is 77.0 Å². The molecule has 0 bridgehead atoms. The fourth-order valence-corrected chi connectivity index (χ4v) is 6.63. The number of nitrogens with zero attached hydrogens (tertiary/aromatic N) is 1. The average Bonchev–Trinajstić information content (AvgIpc) is 3.20. The minimum atomic E-state index is -1.09. The largest absolute Gasteiger partial charge is 0.478 e. The Hall–Kier alpha value is -3.45. The lowest BCUT2D eigenvalue weighted by Crippen LogP contribution is -2.18. The number of esters is 2. The molecule has 7 nitrogen and oxygen atoms in total. The van der Waals surface area contributed by atoms with Crippen molar-refractivity contribution in [1.82, 2.24) is 4.90 Å². The van der Waals surface area contributed by atoms with Crippen LogP contribution in [0.1, 0.15) is 206 Å². The fourth-order valence-electron chi connectivity index (χ4n) is 6.63. The third kappa shape index (κ3) is 29.4. The number of hydrogen-bond donors (Lipinski definition) is 1. The molecule has 0 atom stereocenters. The van der Waals surface area contributed by atoms with E-state index >= 15 is 0 Å². The molecule has 0 radical (unpaired) electrons. The summed E-state index contributed by atoms with van der Waals surface area (Å²) < 4.78 is 11.2. The van der Waals surface area contributed by atoms with E-state index in [9.17, 15) is 19.5 Å². The molecule has 1 rings (SSSR count). The Balaban J connectivity index is 2.60. The van der Waals surface area contributed by atoms with Crippen LogP contribution in [0.2, 0.25) is 0 Å². The summed E-state index contributed by atoms with van der Waals surface area (Å²) in [4.78, 5) is 40.2. The first kappa shape index (κ1) is 51.6. The molecule has 0 spiro atoms. The Morgan fingerprint density at radius 1 is 0.579 bits per heavy atom. The Bertz CT molecular complexity index is 1310. The summed E-state index contributed by atoms with van der Waals surface area (Å²) in [6, 6.07) is 3.21. The van der Waals surface area contributed by atoms with Gasteiger partial charge in [0.2, 0.25) is 0 Å². The van der Waals surface area contributed by atoms with Gasteiger partial charge in [-0.05, 0) is 121 Å². The highest BCUT2D eigenvalue weighted by Crippen LogP contribution is 2.24. The Morgan fingerprint density at radius 2 is 1.04 bits per heavy atom. The Kier molecular flexibility index (Phi) is 33.3. The van der Waals surface area contributed by atoms with Gasteiger partial charge in [0.05, 0.1) is 24.2 Å². The number of hydrogen-bond acceptors (Lipinski definition) is 6. The number of benzene rings is 1. The van der Waals surface area contributed by atoms with Gasteiger partial charge in [-0.25, -0.2) is 9.59 Å². The Morgan fingerprint density at radius 3 is 1.53 bits per heavy atom. The van der Waals surface area contributed by atoms with Crippen LogP contribution < -0.4 is 0 Å². The molecule has 0 fully saturated rings. The number of rotatable bonds is 37. The molecular formula is C50H81NO6. The molecule has 57 heavy (non-hydrogen) atoms. The smallest absolute Gasteiger partial charge is 0.338 e. The van der Waals surface area contributed by atoms with Gasteiger partial charge < -0.3 is 19.5 Å². The first-order chi connectivity index (χ1) is 27.8. The SMILES string of the molecule is CCCCC/C=C\C/C=C\CCCCCCCCOC(=O)c1cc(COC(=O)CCN(C)C)cc(C(=O)O)c1CCCCCCCC/C=C\C/C=C\CCCCC. The van der Waals surface area contributed by atoms with Crippen molar-refractivity contribution in [2.45, 2.75) is 187 Å². The van der Waals surface area contributed by atoms with Crippen LogP contribution in [0.3, 0.4) is 0 Å². The van der Waals surface area contributed by atoms with E-state index in [0.29, 0.717) is 30.7 Å². The zero-order valence-electron chi connectivity index (χ0n) is 36.7. The van der Waals surface area contributed by atoms with E-state index in [1.807, 2.05) is 19.0 Å². The molecule has 0 saturated heterocycles. The highest BCUT2D eigenvalue weighted by Gasteiger charge is 2.22. The zero-order chi connectivity index (χ0) is 41.6. The van der Waals surface area contributed by atoms with Crippen LogP contribution in [-0.4, -0.2) is 55.2 Å². The maximum Gasteiger partial charge on any atom is 0.338 e. The summed E-state index contributed by atoms with van der Waals surface area (Å²) in [5.41, 5.74) is 1.35. The van der Waals surface area contributed by atoms with Crippen molar-refractivity contribution in [2.75, 3.05) is 27.2 Å². The van der Waals surface area contributed by atoms with Gasteiger partial charge in [0, 0.05) is 6.54 Å². The lowest BCUT2D eigenvalue weighted by Gasteiger charge is -2.16. The van der Waals surface area contributed by atoms with Gasteiger partial charge in [-0.15, -0.1) is 0 Å². The Labute approximate surface area is 348 Å². The molecule has 0 aliphatic rings. The van der Waals surface area contributed by atoms with Crippen LogP contribution in [-0.2, 0) is 27.3 Å². The third-order valence-electron chi connectivity index (χ3n) is 10.1. The lowest BCUT2D eigenvalue weighted by molar-refractivity contribution is -0.145. The first-order valence-corrected chi connectivity index (χ1v) is 22.8. The normalized spacial score (nSPS) is 11.9. The highest BCUT2D eigenvalue weighted by molar-refractivity contribution is 5.97. The van der Waals surface area contributed by atoms with E-state index in [1.54, 1.807) is 12.1 Å². The third-order valence-corrected chi connectivity index (χ3v) is 10.1. The van der Waals surface area contributed by atoms with E-state index in [4.69, 9.17) is 9.47 Å². The molecule has 0 amide bonds. The van der Waals surface area contributed by atoms with Crippen LogP contribution in [0.25, 0.3) is 0 Å². The van der Waals surface area contributed by atoms with E-state index < -0.39 is 11.9 Å². The predicted octanol–water partition coefficient (Wildman–Crippen LogP) is 13.7. The quantitative estimate of drug-likeness (QED) is 0.0407. The lowest BCUT2D eigenvalue weighted by atomic mass is 9.93. The molecular weight excluding hydrogens is 711 g/mol. The number of carbonyl (C=O) groups excluding carboxylic acids is 2. The monoisotopic (exact) mass is 792 g/mol. The molecule has 1 N–H and O–H groups in total. The van der Waals surface area contributed by atoms with Crippen molar-refractivity contribution in [3.05, 3.63) is 83.0 Å². The predicted molar refractivity (Wildman–Crippen MR) is 239 cm³/mol. The maximum absolute atomic E-state index is 13.5. The van der Waals surface area contributed by atoms with Crippen LogP contribution in [0, 0.1) is 0 Å². The second-order valence-electron chi connectivity index (χ2n) is 15.7. The molecule has 1 aromatic rings. The number of carbonyl (C=O) groups is 3. The van der Waals surface area contributed by atoms with Crippen molar-refractivity contribution in [3.63, 3.8) is 0 Å². The van der Waals surface area contributed by atoms with Gasteiger partial charge in [-0.1, -0.05) is 140 Å². The summed E-state index contributed by atoms with van der Waals surface area (Å²) in [6.07, 6.45) is 46.0. The van der Waals surface area contributed by atoms with Crippen LogP contribution >= 0.6 is 0 Å². The van der Waals surface area contributed by atoms with Crippen molar-refractivity contribution in [3.8, 4) is 0 Å². The van der Waals surface area contributed by atoms with E-state index in [2.05, 4.69) is 62.5 Å². The van der Waals surface area contributed by atoms with Crippen LogP contribution in [0.5, 0.6) is 0 Å². The van der Waals surface area contributed by atoms with E-state index in [-0.39, 0.29) is 30.1 Å². The average molecular weight is 792 g/mol. The van der Waals surface area contributed by atoms with Crippen molar-refractivity contribution < 1.29 is 29.0 Å². The minimum absolute atomic E-state index is 0.0834. The number of allylic oxidation sites excluding steroid dienone is 8. The number of carboxylic acids is 1. The number of ether oxygens (including phenoxy) is 2. The second kappa shape index (κ2) is 36.9. The molecule has 322 valence electrons. The summed E-state index contributed by atoms with van der Waals surface area (Å²) in [5, 5.41) is 10.2. The van der Waals surface area contributed by atoms with Gasteiger partial charge in [-0.2, -0.15) is 0 Å². The van der Waals surface area contributed by atoms with Gasteiger partial charge in [0.1, 0.15) is 6.61 Å². The van der Waals surface area contributed by atoms with Crippen molar-refractivity contribution in [2.24, 2.45) is 0 Å². The molecule has 0 aromatic heterocycles. The molecule has 7 heteroatoms. The van der Waals surface area contributed by atoms with Gasteiger partial charge >= 0.3 is 17.9 Å². The summed E-state index contributed by atoms with van der Waals surface area (Å²) in [5.74, 6) is -1.96. The van der Waals surface area contributed by atoms with E-state index in [0.717, 1.165) is 77.0 Å². The maximum atomic E-state index is 13.5. The van der Waals surface area contributed by atoms with Gasteiger partial charge in [-0.3, -0.25) is 4.79 Å². The summed E-state index contributed by atoms with van der Waals surface area (Å²) in [6.45, 7) is 5.23. The standard InChI is InChI=1S/C50H81NO6/c1-5-7-9-11-13-15-17-19-21-23-25-27-29-31-33-35-37-45-46(49(53)54)41-44(43-57-48(52)38-39-51(3)4)42-47(45)50(55)56-40-36-34-32-30-28-26-24-22-20-18-16-14-12-10-8-6-2/h13-16,19-22,41-42H,5-12,17-18,23-40,43H2,1-4H3,(H,53,54)/b15-13-,16-14-,21-19-,22-20-. The van der Waals surface area contributed by atoms with Crippen molar-refractivity contribution in [1.29, 1.82) is 0 Å². The number of unbranched alkanes of at least 4 members (excludes halogenated alkanes) is 18. The summed E-state index contributed by atoms with van der Waals surface area (Å²) >= 11 is 0. The fraction of sp³-hybridized carbons (Fsp3) is 0.660. The molecule has 0 unspecified atom stereocenters. The van der Waals surface area contributed by atoms with Gasteiger partial charge in [0.15, 0.2) is 0 Å². The van der Waals surface area contributed by atoms with Crippen LogP contribution in [0.15, 0.2) is 60.7 Å². The minimum Gasteiger partial charge on any atom is -0.478 e. The van der Waals surface area contributed by atoms with Crippen molar-refractivity contribution >= 4 is 17.9 Å². The van der Waals surface area contributed by atoms with Gasteiger partial charge in [0.25, 0.3) is 0 Å². The zero-order valence-corrected chi connectivity index (χ0v) is 36.7. The molecule has 0 heterocycles. The second-order valence-corrected chi connectivity index (χ2v) is 15.7. The number of carboxylic acid groups (broad SMARTS) is 1.